The molecule has 1 aromatic heterocycles. The van der Waals surface area contributed by atoms with Gasteiger partial charge in [-0.25, -0.2) is 8.96 Å². The Kier molecular flexibility index (Phi) is 3.66. The second kappa shape index (κ2) is 5.25. The number of hydrogen-bond acceptors (Lipinski definition) is 5. The molecule has 0 spiro atoms. The summed E-state index contributed by atoms with van der Waals surface area (Å²) in [6, 6.07) is 3.89. The SMILES string of the molecule is COc1ccc(F)cc1-c1nc([N+](=O)[O-])n(C)c1CN. The summed E-state index contributed by atoms with van der Waals surface area (Å²) in [7, 11) is 2.92. The van der Waals surface area contributed by atoms with Gasteiger partial charge in [-0.05, 0) is 23.1 Å². The van der Waals surface area contributed by atoms with Crippen LogP contribution < -0.4 is 10.5 Å². The van der Waals surface area contributed by atoms with Gasteiger partial charge in [0.1, 0.15) is 17.3 Å². The van der Waals surface area contributed by atoms with Crippen LogP contribution in [0.4, 0.5) is 10.3 Å². The van der Waals surface area contributed by atoms with Gasteiger partial charge in [0.25, 0.3) is 0 Å². The number of aromatic nitrogens is 2. The lowest BCUT2D eigenvalue weighted by Crippen LogP contribution is -2.06. The zero-order chi connectivity index (χ0) is 14.9. The van der Waals surface area contributed by atoms with Gasteiger partial charge in [-0.3, -0.25) is 0 Å². The molecular formula is C12H13FN4O3. The van der Waals surface area contributed by atoms with Gasteiger partial charge in [-0.2, -0.15) is 0 Å². The Labute approximate surface area is 113 Å². The Morgan fingerprint density at radius 1 is 1.55 bits per heavy atom. The minimum atomic E-state index is -0.617. The highest BCUT2D eigenvalue weighted by atomic mass is 19.1. The lowest BCUT2D eigenvalue weighted by molar-refractivity contribution is -0.396. The monoisotopic (exact) mass is 280 g/mol. The van der Waals surface area contributed by atoms with Crippen molar-refractivity contribution in [2.45, 2.75) is 6.54 Å². The first-order valence-corrected chi connectivity index (χ1v) is 5.73. The predicted octanol–water partition coefficient (Wildman–Crippen LogP) is 1.60. The Balaban J connectivity index is 2.72. The van der Waals surface area contributed by atoms with Gasteiger partial charge in [-0.15, -0.1) is 0 Å². The molecule has 0 saturated heterocycles. The summed E-state index contributed by atoms with van der Waals surface area (Å²) >= 11 is 0. The maximum atomic E-state index is 13.4. The van der Waals surface area contributed by atoms with Crippen LogP contribution in [-0.2, 0) is 13.6 Å². The van der Waals surface area contributed by atoms with E-state index in [2.05, 4.69) is 4.98 Å². The molecule has 0 radical (unpaired) electrons. The zero-order valence-corrected chi connectivity index (χ0v) is 11.0. The average molecular weight is 280 g/mol. The quantitative estimate of drug-likeness (QED) is 0.677. The van der Waals surface area contributed by atoms with E-state index in [1.54, 1.807) is 0 Å². The maximum Gasteiger partial charge on any atom is 0.435 e. The molecule has 7 nitrogen and oxygen atoms in total. The van der Waals surface area contributed by atoms with E-state index < -0.39 is 10.7 Å². The topological polar surface area (TPSA) is 96.2 Å². The number of benzene rings is 1. The molecule has 2 N–H and O–H groups in total. The fourth-order valence-corrected chi connectivity index (χ4v) is 2.00. The summed E-state index contributed by atoms with van der Waals surface area (Å²) in [4.78, 5) is 14.3. The average Bonchev–Trinajstić information content (AvgIpc) is 2.75. The van der Waals surface area contributed by atoms with E-state index in [-0.39, 0.29) is 18.2 Å². The third kappa shape index (κ3) is 2.21. The summed E-state index contributed by atoms with van der Waals surface area (Å²) in [5.74, 6) is -0.474. The van der Waals surface area contributed by atoms with Crippen molar-refractivity contribution in [2.75, 3.05) is 7.11 Å². The van der Waals surface area contributed by atoms with Crippen molar-refractivity contribution in [3.63, 3.8) is 0 Å². The van der Waals surface area contributed by atoms with Crippen LogP contribution in [0.25, 0.3) is 11.3 Å². The highest BCUT2D eigenvalue weighted by Crippen LogP contribution is 2.33. The fourth-order valence-electron chi connectivity index (χ4n) is 2.00. The number of nitro groups is 1. The second-order valence-corrected chi connectivity index (χ2v) is 4.07. The van der Waals surface area contributed by atoms with E-state index in [1.165, 1.54) is 36.9 Å². The van der Waals surface area contributed by atoms with Crippen molar-refractivity contribution >= 4 is 5.95 Å². The molecule has 0 saturated carbocycles. The summed E-state index contributed by atoms with van der Waals surface area (Å²) in [6.45, 7) is 0.0341. The van der Waals surface area contributed by atoms with Crippen LogP contribution in [0.5, 0.6) is 5.75 Å². The Morgan fingerprint density at radius 2 is 2.25 bits per heavy atom. The molecule has 106 valence electrons. The summed E-state index contributed by atoms with van der Waals surface area (Å²) in [5, 5.41) is 10.9. The van der Waals surface area contributed by atoms with E-state index in [0.29, 0.717) is 17.0 Å². The largest absolute Gasteiger partial charge is 0.496 e. The van der Waals surface area contributed by atoms with Crippen molar-refractivity contribution in [1.82, 2.24) is 9.55 Å². The minimum Gasteiger partial charge on any atom is -0.496 e. The maximum absolute atomic E-state index is 13.4. The molecule has 0 bridgehead atoms. The van der Waals surface area contributed by atoms with E-state index in [4.69, 9.17) is 10.5 Å². The van der Waals surface area contributed by atoms with Crippen LogP contribution in [0.15, 0.2) is 18.2 Å². The van der Waals surface area contributed by atoms with E-state index >= 15 is 0 Å². The van der Waals surface area contributed by atoms with Crippen molar-refractivity contribution < 1.29 is 14.1 Å². The first kappa shape index (κ1) is 13.9. The van der Waals surface area contributed by atoms with Gasteiger partial charge in [0, 0.05) is 0 Å². The van der Waals surface area contributed by atoms with Crippen LogP contribution in [0.2, 0.25) is 0 Å². The standard InChI is InChI=1S/C12H13FN4O3/c1-16-9(6-14)11(15-12(16)17(18)19)8-5-7(13)3-4-10(8)20-2/h3-5H,6,14H2,1-2H3. The molecule has 0 aliphatic carbocycles. The summed E-state index contributed by atoms with van der Waals surface area (Å²) in [5.41, 5.74) is 6.62. The van der Waals surface area contributed by atoms with Gasteiger partial charge in [0.05, 0.1) is 26.3 Å². The molecule has 1 aromatic carbocycles. The number of nitrogens with two attached hydrogens (primary N) is 1. The number of hydrogen-bond donors (Lipinski definition) is 1. The molecule has 2 rings (SSSR count). The Bertz CT molecular complexity index is 669. The first-order valence-electron chi connectivity index (χ1n) is 5.73. The molecule has 8 heteroatoms. The van der Waals surface area contributed by atoms with Crippen LogP contribution >= 0.6 is 0 Å². The van der Waals surface area contributed by atoms with E-state index in [9.17, 15) is 14.5 Å². The van der Waals surface area contributed by atoms with Crippen molar-refractivity contribution in [1.29, 1.82) is 0 Å². The number of halogens is 1. The van der Waals surface area contributed by atoms with Gasteiger partial charge < -0.3 is 20.6 Å². The number of nitrogens with zero attached hydrogens (tertiary/aromatic N) is 3. The van der Waals surface area contributed by atoms with Crippen molar-refractivity contribution in [3.05, 3.63) is 39.8 Å². The number of rotatable bonds is 4. The predicted molar refractivity (Wildman–Crippen MR) is 69.7 cm³/mol. The lowest BCUT2D eigenvalue weighted by Gasteiger charge is -2.05. The fraction of sp³-hybridized carbons (Fsp3) is 0.250. The van der Waals surface area contributed by atoms with Crippen LogP contribution in [0.1, 0.15) is 5.69 Å². The third-order valence-corrected chi connectivity index (χ3v) is 2.96. The minimum absolute atomic E-state index is 0.0341. The third-order valence-electron chi connectivity index (χ3n) is 2.96. The van der Waals surface area contributed by atoms with Crippen molar-refractivity contribution in [2.24, 2.45) is 12.8 Å². The molecule has 0 atom stereocenters. The van der Waals surface area contributed by atoms with Gasteiger partial charge in [-0.1, -0.05) is 4.98 Å². The lowest BCUT2D eigenvalue weighted by atomic mass is 10.1. The van der Waals surface area contributed by atoms with Crippen LogP contribution in [0, 0.1) is 15.9 Å². The molecule has 0 fully saturated rings. The molecule has 0 amide bonds. The molecule has 0 aliphatic heterocycles. The molecule has 0 aliphatic rings. The molecule has 1 heterocycles. The second-order valence-electron chi connectivity index (χ2n) is 4.07. The Hall–Kier alpha value is -2.48. The molecule has 20 heavy (non-hydrogen) atoms. The normalized spacial score (nSPS) is 10.6. The number of methoxy groups -OCH3 is 1. The summed E-state index contributed by atoms with van der Waals surface area (Å²) < 4.78 is 19.8. The number of ether oxygens (including phenoxy) is 1. The van der Waals surface area contributed by atoms with Crippen LogP contribution in [0.3, 0.4) is 0 Å². The summed E-state index contributed by atoms with van der Waals surface area (Å²) in [6.07, 6.45) is 0. The highest BCUT2D eigenvalue weighted by molar-refractivity contribution is 5.70. The first-order chi connectivity index (χ1) is 9.49. The Morgan fingerprint density at radius 3 is 2.80 bits per heavy atom. The zero-order valence-electron chi connectivity index (χ0n) is 11.0. The number of imidazole rings is 1. The van der Waals surface area contributed by atoms with Gasteiger partial charge in [0.2, 0.25) is 0 Å². The molecular weight excluding hydrogens is 267 g/mol. The van der Waals surface area contributed by atoms with Crippen molar-refractivity contribution in [3.8, 4) is 17.0 Å². The van der Waals surface area contributed by atoms with Crippen LogP contribution in [-0.4, -0.2) is 21.6 Å². The van der Waals surface area contributed by atoms with E-state index in [1.807, 2.05) is 0 Å². The van der Waals surface area contributed by atoms with Gasteiger partial charge in [0.15, 0.2) is 5.69 Å². The molecule has 2 aromatic rings. The van der Waals surface area contributed by atoms with Gasteiger partial charge >= 0.3 is 5.95 Å². The van der Waals surface area contributed by atoms with E-state index in [0.717, 1.165) is 0 Å². The smallest absolute Gasteiger partial charge is 0.435 e. The molecule has 0 unspecified atom stereocenters. The highest BCUT2D eigenvalue weighted by Gasteiger charge is 2.27.